The molecule has 1 aromatic rings. The zero-order chi connectivity index (χ0) is 13.5. The molecular formula is C15H21NO3. The van der Waals surface area contributed by atoms with Crippen LogP contribution in [-0.4, -0.2) is 30.8 Å². The number of carboxylic acids is 1. The molecule has 0 amide bonds. The smallest absolute Gasteiger partial charge is 0.303 e. The van der Waals surface area contributed by atoms with Crippen molar-refractivity contribution in [2.45, 2.75) is 25.7 Å². The number of anilines is 1. The lowest BCUT2D eigenvalue weighted by molar-refractivity contribution is -0.136. The van der Waals surface area contributed by atoms with Gasteiger partial charge in [0.2, 0.25) is 0 Å². The van der Waals surface area contributed by atoms with Crippen LogP contribution in [0.15, 0.2) is 24.3 Å². The highest BCUT2D eigenvalue weighted by Crippen LogP contribution is 2.17. The number of carbonyl (C=O) groups is 1. The summed E-state index contributed by atoms with van der Waals surface area (Å²) in [4.78, 5) is 10.5. The molecule has 0 radical (unpaired) electrons. The van der Waals surface area contributed by atoms with Gasteiger partial charge in [0.25, 0.3) is 0 Å². The Morgan fingerprint density at radius 2 is 2.37 bits per heavy atom. The monoisotopic (exact) mass is 263 g/mol. The van der Waals surface area contributed by atoms with Gasteiger partial charge in [-0.05, 0) is 42.9 Å². The van der Waals surface area contributed by atoms with Crippen LogP contribution in [-0.2, 0) is 16.0 Å². The zero-order valence-electron chi connectivity index (χ0n) is 11.1. The van der Waals surface area contributed by atoms with Crippen molar-refractivity contribution in [2.75, 3.05) is 25.1 Å². The quantitative estimate of drug-likeness (QED) is 0.793. The molecule has 104 valence electrons. The third kappa shape index (κ3) is 4.91. The Bertz CT molecular complexity index is 414. The van der Waals surface area contributed by atoms with E-state index in [2.05, 4.69) is 5.32 Å². The highest BCUT2D eigenvalue weighted by atomic mass is 16.5. The van der Waals surface area contributed by atoms with E-state index < -0.39 is 5.97 Å². The van der Waals surface area contributed by atoms with Crippen molar-refractivity contribution >= 4 is 11.7 Å². The Morgan fingerprint density at radius 3 is 3.11 bits per heavy atom. The van der Waals surface area contributed by atoms with Crippen molar-refractivity contribution < 1.29 is 14.6 Å². The van der Waals surface area contributed by atoms with Gasteiger partial charge >= 0.3 is 5.97 Å². The number of rotatable bonds is 7. The first-order valence-corrected chi connectivity index (χ1v) is 6.86. The van der Waals surface area contributed by atoms with E-state index in [0.29, 0.717) is 12.3 Å². The minimum absolute atomic E-state index is 0.183. The minimum atomic E-state index is -0.750. The average molecular weight is 263 g/mol. The predicted molar refractivity (Wildman–Crippen MR) is 74.4 cm³/mol. The maximum atomic E-state index is 10.5. The second-order valence-corrected chi connectivity index (χ2v) is 5.04. The summed E-state index contributed by atoms with van der Waals surface area (Å²) in [5, 5.41) is 12.1. The van der Waals surface area contributed by atoms with E-state index in [1.165, 1.54) is 6.42 Å². The third-order valence-corrected chi connectivity index (χ3v) is 3.46. The van der Waals surface area contributed by atoms with Gasteiger partial charge in [-0.1, -0.05) is 12.1 Å². The van der Waals surface area contributed by atoms with Gasteiger partial charge in [0.05, 0.1) is 0 Å². The summed E-state index contributed by atoms with van der Waals surface area (Å²) in [6, 6.07) is 8.00. The highest BCUT2D eigenvalue weighted by molar-refractivity contribution is 5.67. The molecule has 1 atom stereocenters. The molecule has 1 aromatic carbocycles. The third-order valence-electron chi connectivity index (χ3n) is 3.46. The number of hydrogen-bond acceptors (Lipinski definition) is 3. The van der Waals surface area contributed by atoms with Crippen LogP contribution >= 0.6 is 0 Å². The number of ether oxygens (including phenoxy) is 1. The molecule has 2 N–H and O–H groups in total. The van der Waals surface area contributed by atoms with Gasteiger partial charge in [0.1, 0.15) is 0 Å². The Kier molecular flexibility index (Phi) is 5.21. The first-order chi connectivity index (χ1) is 9.24. The molecular weight excluding hydrogens is 242 g/mol. The summed E-state index contributed by atoms with van der Waals surface area (Å²) in [6.45, 7) is 2.73. The number of benzene rings is 1. The summed E-state index contributed by atoms with van der Waals surface area (Å²) in [5.74, 6) is -0.0673. The Balaban J connectivity index is 1.76. The van der Waals surface area contributed by atoms with Crippen LogP contribution in [0.4, 0.5) is 5.69 Å². The minimum Gasteiger partial charge on any atom is -0.481 e. The van der Waals surface area contributed by atoms with E-state index in [4.69, 9.17) is 9.84 Å². The number of aliphatic carboxylic acids is 1. The summed E-state index contributed by atoms with van der Waals surface area (Å²) in [5.41, 5.74) is 2.14. The van der Waals surface area contributed by atoms with E-state index in [1.807, 2.05) is 24.3 Å². The normalized spacial score (nSPS) is 18.4. The molecule has 19 heavy (non-hydrogen) atoms. The summed E-state index contributed by atoms with van der Waals surface area (Å²) in [6.07, 6.45) is 3.06. The molecule has 0 spiro atoms. The van der Waals surface area contributed by atoms with Crippen LogP contribution in [0.5, 0.6) is 0 Å². The second kappa shape index (κ2) is 7.14. The molecule has 1 unspecified atom stereocenters. The van der Waals surface area contributed by atoms with Gasteiger partial charge in [0, 0.05) is 31.9 Å². The van der Waals surface area contributed by atoms with Gasteiger partial charge in [-0.2, -0.15) is 0 Å². The van der Waals surface area contributed by atoms with E-state index in [-0.39, 0.29) is 6.42 Å². The van der Waals surface area contributed by atoms with Crippen molar-refractivity contribution in [2.24, 2.45) is 5.92 Å². The fourth-order valence-corrected chi connectivity index (χ4v) is 2.32. The van der Waals surface area contributed by atoms with E-state index in [0.717, 1.165) is 37.4 Å². The molecule has 0 bridgehead atoms. The summed E-state index contributed by atoms with van der Waals surface area (Å²) < 4.78 is 5.35. The average Bonchev–Trinajstić information content (AvgIpc) is 2.90. The van der Waals surface area contributed by atoms with Crippen LogP contribution in [0.1, 0.15) is 24.8 Å². The van der Waals surface area contributed by atoms with Gasteiger partial charge in [-0.3, -0.25) is 4.79 Å². The van der Waals surface area contributed by atoms with Gasteiger partial charge < -0.3 is 15.2 Å². The van der Waals surface area contributed by atoms with Gasteiger partial charge in [-0.15, -0.1) is 0 Å². The zero-order valence-corrected chi connectivity index (χ0v) is 11.1. The SMILES string of the molecule is O=C(O)CCc1cccc(NCCC2CCOC2)c1. The first kappa shape index (κ1) is 13.9. The second-order valence-electron chi connectivity index (χ2n) is 5.04. The highest BCUT2D eigenvalue weighted by Gasteiger charge is 2.14. The van der Waals surface area contributed by atoms with Crippen molar-refractivity contribution in [3.63, 3.8) is 0 Å². The number of carboxylic acid groups (broad SMARTS) is 1. The Hall–Kier alpha value is -1.55. The van der Waals surface area contributed by atoms with Crippen molar-refractivity contribution in [3.05, 3.63) is 29.8 Å². The number of nitrogens with one attached hydrogen (secondary N) is 1. The maximum absolute atomic E-state index is 10.5. The molecule has 0 aliphatic carbocycles. The lowest BCUT2D eigenvalue weighted by Crippen LogP contribution is -2.09. The van der Waals surface area contributed by atoms with E-state index in [9.17, 15) is 4.79 Å². The Morgan fingerprint density at radius 1 is 1.47 bits per heavy atom. The van der Waals surface area contributed by atoms with Crippen LogP contribution in [0.2, 0.25) is 0 Å². The fraction of sp³-hybridized carbons (Fsp3) is 0.533. The van der Waals surface area contributed by atoms with Gasteiger partial charge in [-0.25, -0.2) is 0 Å². The standard InChI is InChI=1S/C15H21NO3/c17-15(18)5-4-12-2-1-3-14(10-12)16-8-6-13-7-9-19-11-13/h1-3,10,13,16H,4-9,11H2,(H,17,18). The molecule has 1 fully saturated rings. The topological polar surface area (TPSA) is 58.6 Å². The predicted octanol–water partition coefficient (Wildman–Crippen LogP) is 2.54. The van der Waals surface area contributed by atoms with Crippen LogP contribution < -0.4 is 5.32 Å². The number of aryl methyl sites for hydroxylation is 1. The van der Waals surface area contributed by atoms with Crippen molar-refractivity contribution in [1.82, 2.24) is 0 Å². The van der Waals surface area contributed by atoms with Crippen molar-refractivity contribution in [3.8, 4) is 0 Å². The van der Waals surface area contributed by atoms with Crippen molar-refractivity contribution in [1.29, 1.82) is 0 Å². The van der Waals surface area contributed by atoms with E-state index in [1.54, 1.807) is 0 Å². The molecule has 0 saturated carbocycles. The Labute approximate surface area is 113 Å². The lowest BCUT2D eigenvalue weighted by atomic mass is 10.1. The van der Waals surface area contributed by atoms with Gasteiger partial charge in [0.15, 0.2) is 0 Å². The fourth-order valence-electron chi connectivity index (χ4n) is 2.32. The summed E-state index contributed by atoms with van der Waals surface area (Å²) >= 11 is 0. The van der Waals surface area contributed by atoms with Crippen LogP contribution in [0, 0.1) is 5.92 Å². The maximum Gasteiger partial charge on any atom is 0.303 e. The van der Waals surface area contributed by atoms with Crippen LogP contribution in [0.25, 0.3) is 0 Å². The largest absolute Gasteiger partial charge is 0.481 e. The lowest BCUT2D eigenvalue weighted by Gasteiger charge is -2.10. The number of hydrogen-bond donors (Lipinski definition) is 2. The molecule has 4 heteroatoms. The van der Waals surface area contributed by atoms with Crippen LogP contribution in [0.3, 0.4) is 0 Å². The molecule has 1 saturated heterocycles. The molecule has 1 aliphatic heterocycles. The molecule has 1 heterocycles. The molecule has 4 nitrogen and oxygen atoms in total. The molecule has 1 aliphatic rings. The molecule has 2 rings (SSSR count). The van der Waals surface area contributed by atoms with E-state index >= 15 is 0 Å². The first-order valence-electron chi connectivity index (χ1n) is 6.86. The summed E-state index contributed by atoms with van der Waals surface area (Å²) in [7, 11) is 0. The molecule has 0 aromatic heterocycles.